The Kier molecular flexibility index (Phi) is 8.23. The molecule has 0 aliphatic heterocycles. The molecule has 0 saturated heterocycles. The van der Waals surface area contributed by atoms with Crippen molar-refractivity contribution in [3.63, 3.8) is 0 Å². The minimum Gasteiger partial charge on any atom is -0.444 e. The van der Waals surface area contributed by atoms with Crippen molar-refractivity contribution in [2.75, 3.05) is 11.9 Å². The van der Waals surface area contributed by atoms with Crippen LogP contribution in [0.15, 0.2) is 35.2 Å². The highest BCUT2D eigenvalue weighted by Gasteiger charge is 2.50. The molecule has 2 atom stereocenters. The lowest BCUT2D eigenvalue weighted by Gasteiger charge is -2.35. The molecule has 2 aliphatic carbocycles. The minimum absolute atomic E-state index is 0.0430. The fourth-order valence-corrected chi connectivity index (χ4v) is 8.53. The van der Waals surface area contributed by atoms with E-state index in [1.165, 1.54) is 12.1 Å². The number of anilines is 1. The fourth-order valence-electron chi connectivity index (χ4n) is 5.65. The number of amides is 2. The number of ether oxygens (including phenoxy) is 1. The zero-order valence-electron chi connectivity index (χ0n) is 21.7. The highest BCUT2D eigenvalue weighted by Crippen LogP contribution is 2.50. The van der Waals surface area contributed by atoms with Gasteiger partial charge in [0.25, 0.3) is 5.91 Å². The molecule has 4 rings (SSSR count). The monoisotopic (exact) mass is 586 g/mol. The summed E-state index contributed by atoms with van der Waals surface area (Å²) in [6.45, 7) is 5.70. The van der Waals surface area contributed by atoms with Gasteiger partial charge in [-0.15, -0.1) is 0 Å². The van der Waals surface area contributed by atoms with Gasteiger partial charge in [0.05, 0.1) is 15.2 Å². The molecule has 2 N–H and O–H groups in total. The number of fused-ring (bicyclic) bond motifs is 2. The van der Waals surface area contributed by atoms with E-state index in [9.17, 15) is 31.2 Å². The van der Waals surface area contributed by atoms with Gasteiger partial charge in [-0.2, -0.15) is 0 Å². The Morgan fingerprint density at radius 1 is 1.03 bits per heavy atom. The first-order valence-electron chi connectivity index (χ1n) is 12.6. The Morgan fingerprint density at radius 2 is 1.62 bits per heavy atom. The van der Waals surface area contributed by atoms with E-state index in [0.29, 0.717) is 31.5 Å². The number of carbonyl (C=O) groups excluding carboxylic acids is 2. The predicted molar refractivity (Wildman–Crippen MR) is 140 cm³/mol. The normalized spacial score (nSPS) is 22.8. The van der Waals surface area contributed by atoms with E-state index in [2.05, 4.69) is 10.6 Å². The van der Waals surface area contributed by atoms with Crippen LogP contribution in [0.1, 0.15) is 56.8 Å². The molecular formula is C27H30ClF3N2O5S. The van der Waals surface area contributed by atoms with Gasteiger partial charge in [0.1, 0.15) is 5.60 Å². The standard InChI is InChI=1S/C27H30ClF3N2O5S/c1-27(2,3)38-26(35)32-13-14-8-15-4-5-16(9-14)24(15)39(36,37)22-10-17(6-7-19(22)28)25(34)33-18-11-20(29)23(31)21(30)12-18/h6-7,10-12,14-16,24H,4-5,8-9,13H2,1-3H3,(H,32,35)(H,33,34)/t14-,15?,16?,24+. The van der Waals surface area contributed by atoms with Crippen LogP contribution >= 0.6 is 11.6 Å². The van der Waals surface area contributed by atoms with E-state index < -0.39 is 50.1 Å². The number of sulfone groups is 1. The summed E-state index contributed by atoms with van der Waals surface area (Å²) in [4.78, 5) is 24.6. The van der Waals surface area contributed by atoms with Gasteiger partial charge in [-0.3, -0.25) is 4.79 Å². The molecule has 0 spiro atoms. The van der Waals surface area contributed by atoms with Crippen LogP contribution < -0.4 is 10.6 Å². The van der Waals surface area contributed by atoms with Gasteiger partial charge in [-0.1, -0.05) is 11.6 Å². The maximum absolute atomic E-state index is 13.8. The summed E-state index contributed by atoms with van der Waals surface area (Å²) in [5, 5.41) is 4.30. The number of hydrogen-bond donors (Lipinski definition) is 2. The number of benzene rings is 2. The summed E-state index contributed by atoms with van der Waals surface area (Å²) in [6.07, 6.45) is 2.14. The summed E-state index contributed by atoms with van der Waals surface area (Å²) in [5.74, 6) is -5.64. The summed E-state index contributed by atoms with van der Waals surface area (Å²) in [6, 6.07) is 4.97. The average Bonchev–Trinajstić information content (AvgIpc) is 3.11. The van der Waals surface area contributed by atoms with Crippen LogP contribution in [0.5, 0.6) is 0 Å². The first-order valence-corrected chi connectivity index (χ1v) is 14.5. The Hall–Kier alpha value is -2.79. The minimum atomic E-state index is -3.95. The second-order valence-corrected chi connectivity index (χ2v) is 13.7. The Labute approximate surface area is 230 Å². The maximum Gasteiger partial charge on any atom is 0.407 e. The molecule has 2 fully saturated rings. The number of alkyl carbamates (subject to hydrolysis) is 1. The molecule has 7 nitrogen and oxygen atoms in total. The van der Waals surface area contributed by atoms with Crippen LogP contribution in [-0.2, 0) is 14.6 Å². The average molecular weight is 587 g/mol. The summed E-state index contributed by atoms with van der Waals surface area (Å²) >= 11 is 6.29. The van der Waals surface area contributed by atoms with E-state index in [1.807, 2.05) is 0 Å². The van der Waals surface area contributed by atoms with Crippen LogP contribution in [0.2, 0.25) is 5.02 Å². The zero-order valence-corrected chi connectivity index (χ0v) is 23.3. The SMILES string of the molecule is CC(C)(C)OC(=O)NC[C@H]1CC2CCC(C1)[C@@H]2S(=O)(=O)c1cc(C(=O)Nc2cc(F)c(F)c(F)c2)ccc1Cl. The topological polar surface area (TPSA) is 102 Å². The Bertz CT molecular complexity index is 1360. The van der Waals surface area contributed by atoms with Crippen molar-refractivity contribution in [3.8, 4) is 0 Å². The van der Waals surface area contributed by atoms with Gasteiger partial charge >= 0.3 is 6.09 Å². The molecule has 2 bridgehead atoms. The number of carbonyl (C=O) groups is 2. The lowest BCUT2D eigenvalue weighted by atomic mass is 9.80. The van der Waals surface area contributed by atoms with Gasteiger partial charge in [-0.05, 0) is 82.4 Å². The van der Waals surface area contributed by atoms with Crippen LogP contribution in [-0.4, -0.2) is 37.8 Å². The lowest BCUT2D eigenvalue weighted by Crippen LogP contribution is -2.41. The zero-order chi connectivity index (χ0) is 28.7. The van der Waals surface area contributed by atoms with Gasteiger partial charge in [0, 0.05) is 29.9 Å². The molecule has 2 aromatic rings. The first kappa shape index (κ1) is 29.2. The second-order valence-electron chi connectivity index (χ2n) is 11.2. The molecule has 2 saturated carbocycles. The van der Waals surface area contributed by atoms with Gasteiger partial charge in [-0.25, -0.2) is 26.4 Å². The molecule has 0 radical (unpaired) electrons. The van der Waals surface area contributed by atoms with Crippen molar-refractivity contribution >= 4 is 39.1 Å². The molecule has 39 heavy (non-hydrogen) atoms. The third-order valence-electron chi connectivity index (χ3n) is 7.14. The van der Waals surface area contributed by atoms with Gasteiger partial charge in [0.15, 0.2) is 27.3 Å². The van der Waals surface area contributed by atoms with E-state index >= 15 is 0 Å². The van der Waals surface area contributed by atoms with Gasteiger partial charge < -0.3 is 15.4 Å². The number of halogens is 4. The molecule has 2 unspecified atom stereocenters. The van der Waals surface area contributed by atoms with E-state index in [0.717, 1.165) is 18.9 Å². The molecule has 2 aromatic carbocycles. The lowest BCUT2D eigenvalue weighted by molar-refractivity contribution is 0.0511. The summed E-state index contributed by atoms with van der Waals surface area (Å²) in [5.41, 5.74) is -1.04. The molecular weight excluding hydrogens is 557 g/mol. The fraction of sp³-hybridized carbons (Fsp3) is 0.481. The summed E-state index contributed by atoms with van der Waals surface area (Å²) < 4.78 is 73.2. The van der Waals surface area contributed by atoms with Gasteiger partial charge in [0.2, 0.25) is 0 Å². The smallest absolute Gasteiger partial charge is 0.407 e. The third-order valence-corrected chi connectivity index (χ3v) is 10.0. The first-order chi connectivity index (χ1) is 18.2. The van der Waals surface area contributed by atoms with E-state index in [4.69, 9.17) is 16.3 Å². The quantitative estimate of drug-likeness (QED) is 0.398. The number of nitrogens with one attached hydrogen (secondary N) is 2. The van der Waals surface area contributed by atoms with Crippen molar-refractivity contribution in [3.05, 3.63) is 58.4 Å². The molecule has 2 amide bonds. The second kappa shape index (κ2) is 11.0. The van der Waals surface area contributed by atoms with E-state index in [1.54, 1.807) is 20.8 Å². The molecule has 12 heteroatoms. The van der Waals surface area contributed by atoms with Crippen molar-refractivity contribution in [1.29, 1.82) is 0 Å². The summed E-state index contributed by atoms with van der Waals surface area (Å²) in [7, 11) is -3.95. The van der Waals surface area contributed by atoms with Crippen LogP contribution in [0.4, 0.5) is 23.7 Å². The van der Waals surface area contributed by atoms with Crippen LogP contribution in [0, 0.1) is 35.2 Å². The highest BCUT2D eigenvalue weighted by molar-refractivity contribution is 7.92. The largest absolute Gasteiger partial charge is 0.444 e. The van der Waals surface area contributed by atoms with E-state index in [-0.39, 0.29) is 38.9 Å². The third kappa shape index (κ3) is 6.51. The predicted octanol–water partition coefficient (Wildman–Crippen LogP) is 6.11. The molecule has 212 valence electrons. The van der Waals surface area contributed by atoms with Crippen LogP contribution in [0.3, 0.4) is 0 Å². The molecule has 0 heterocycles. The van der Waals surface area contributed by atoms with Crippen molar-refractivity contribution in [1.82, 2.24) is 5.32 Å². The van der Waals surface area contributed by atoms with Crippen molar-refractivity contribution < 1.29 is 35.9 Å². The van der Waals surface area contributed by atoms with Crippen LogP contribution in [0.25, 0.3) is 0 Å². The highest BCUT2D eigenvalue weighted by atomic mass is 35.5. The number of rotatable bonds is 6. The maximum atomic E-state index is 13.8. The van der Waals surface area contributed by atoms with Crippen molar-refractivity contribution in [2.45, 2.75) is 62.2 Å². The molecule has 0 aromatic heterocycles. The Balaban J connectivity index is 1.49. The van der Waals surface area contributed by atoms with Crippen molar-refractivity contribution in [2.24, 2.45) is 17.8 Å². The number of hydrogen-bond acceptors (Lipinski definition) is 5. The Morgan fingerprint density at radius 3 is 2.18 bits per heavy atom. The molecule has 2 aliphatic rings.